The molecule has 4 aromatic rings. The fourth-order valence-corrected chi connectivity index (χ4v) is 5.25. The number of rotatable bonds is 13. The summed E-state index contributed by atoms with van der Waals surface area (Å²) in [7, 11) is 0. The van der Waals surface area contributed by atoms with Gasteiger partial charge in [-0.15, -0.1) is 0 Å². The van der Waals surface area contributed by atoms with E-state index in [4.69, 9.17) is 4.74 Å². The number of hydrogen-bond donors (Lipinski definition) is 6. The van der Waals surface area contributed by atoms with Crippen molar-refractivity contribution in [1.82, 2.24) is 16.0 Å². The highest BCUT2D eigenvalue weighted by molar-refractivity contribution is 6.05. The molecular weight excluding hydrogens is 600 g/mol. The van der Waals surface area contributed by atoms with Gasteiger partial charge in [-0.1, -0.05) is 78.9 Å². The SMILES string of the molecule is CC(O)[C@@H](NC(=O)c1ccc(OCc2ccccc2)cc1)C(=O)N[C@@H](C[C@]1(O)C(=O)Nc2ccccc21)C(=O)NCc1ccccc1. The molecular formula is C36H36N4O7. The molecule has 4 amide bonds. The molecule has 5 rings (SSSR count). The van der Waals surface area contributed by atoms with Crippen LogP contribution in [-0.4, -0.2) is 52.0 Å². The molecule has 6 N–H and O–H groups in total. The Labute approximate surface area is 272 Å². The van der Waals surface area contributed by atoms with E-state index in [1.165, 1.54) is 19.1 Å². The molecule has 1 unspecified atom stereocenters. The third-order valence-electron chi connectivity index (χ3n) is 7.85. The number of hydrogen-bond acceptors (Lipinski definition) is 7. The van der Waals surface area contributed by atoms with E-state index in [0.717, 1.165) is 11.1 Å². The molecule has 0 saturated heterocycles. The van der Waals surface area contributed by atoms with Crippen molar-refractivity contribution in [1.29, 1.82) is 0 Å². The summed E-state index contributed by atoms with van der Waals surface area (Å²) in [6.45, 7) is 1.79. The van der Waals surface area contributed by atoms with Gasteiger partial charge in [0.1, 0.15) is 24.4 Å². The normalized spacial score (nSPS) is 17.0. The lowest BCUT2D eigenvalue weighted by atomic mass is 9.88. The monoisotopic (exact) mass is 636 g/mol. The van der Waals surface area contributed by atoms with Crippen LogP contribution in [-0.2, 0) is 33.1 Å². The van der Waals surface area contributed by atoms with Crippen molar-refractivity contribution in [3.05, 3.63) is 131 Å². The van der Waals surface area contributed by atoms with Crippen LogP contribution in [0.1, 0.15) is 40.4 Å². The van der Waals surface area contributed by atoms with Gasteiger partial charge in [0.05, 0.1) is 6.10 Å². The molecule has 0 aliphatic carbocycles. The molecule has 1 aliphatic rings. The Balaban J connectivity index is 1.29. The van der Waals surface area contributed by atoms with Gasteiger partial charge in [-0.3, -0.25) is 19.2 Å². The predicted octanol–water partition coefficient (Wildman–Crippen LogP) is 2.78. The summed E-state index contributed by atoms with van der Waals surface area (Å²) in [5, 5.41) is 32.4. The van der Waals surface area contributed by atoms with Crippen molar-refractivity contribution in [3.63, 3.8) is 0 Å². The Morgan fingerprint density at radius 3 is 2.09 bits per heavy atom. The average molecular weight is 637 g/mol. The lowest BCUT2D eigenvalue weighted by Crippen LogP contribution is -2.58. The standard InChI is InChI=1S/C36H36N4O7/c1-23(41)31(40-32(42)26-16-18-27(19-17-26)47-22-25-12-6-3-7-13-25)34(44)38-30(33(43)37-21-24-10-4-2-5-11-24)20-36(46)28-14-8-9-15-29(28)39-35(36)45/h2-19,23,30-31,41,46H,20-22H2,1H3,(H,37,43)(H,38,44)(H,39,45)(H,40,42)/t23?,30-,31+,36+/m0/s1. The number of aliphatic hydroxyl groups is 2. The van der Waals surface area contributed by atoms with Gasteiger partial charge >= 0.3 is 0 Å². The molecule has 0 bridgehead atoms. The molecule has 0 aromatic heterocycles. The van der Waals surface area contributed by atoms with Gasteiger partial charge in [-0.05, 0) is 48.4 Å². The number of benzene rings is 4. The fourth-order valence-electron chi connectivity index (χ4n) is 5.25. The second-order valence-electron chi connectivity index (χ2n) is 11.3. The van der Waals surface area contributed by atoms with E-state index in [0.29, 0.717) is 18.0 Å². The van der Waals surface area contributed by atoms with Crippen molar-refractivity contribution in [2.45, 2.75) is 50.3 Å². The number of amides is 4. The van der Waals surface area contributed by atoms with Crippen molar-refractivity contribution in [2.24, 2.45) is 0 Å². The molecule has 4 atom stereocenters. The van der Waals surface area contributed by atoms with Crippen LogP contribution >= 0.6 is 0 Å². The van der Waals surface area contributed by atoms with Crippen LogP contribution in [0.5, 0.6) is 5.75 Å². The summed E-state index contributed by atoms with van der Waals surface area (Å²) >= 11 is 0. The summed E-state index contributed by atoms with van der Waals surface area (Å²) in [5.41, 5.74) is 0.501. The maximum Gasteiger partial charge on any atom is 0.261 e. The Kier molecular flexibility index (Phi) is 10.3. The average Bonchev–Trinajstić information content (AvgIpc) is 3.34. The van der Waals surface area contributed by atoms with E-state index in [9.17, 15) is 29.4 Å². The van der Waals surface area contributed by atoms with Crippen LogP contribution in [0.4, 0.5) is 5.69 Å². The minimum absolute atomic E-state index is 0.120. The van der Waals surface area contributed by atoms with Gasteiger partial charge in [-0.25, -0.2) is 0 Å². The van der Waals surface area contributed by atoms with E-state index < -0.39 is 53.8 Å². The Bertz CT molecular complexity index is 1710. The number of carbonyl (C=O) groups excluding carboxylic acids is 4. The third-order valence-corrected chi connectivity index (χ3v) is 7.85. The zero-order valence-corrected chi connectivity index (χ0v) is 25.7. The second kappa shape index (κ2) is 14.7. The van der Waals surface area contributed by atoms with E-state index in [-0.39, 0.29) is 17.7 Å². The number of fused-ring (bicyclic) bond motifs is 1. The highest BCUT2D eigenvalue weighted by Gasteiger charge is 2.48. The minimum Gasteiger partial charge on any atom is -0.489 e. The number of para-hydroxylation sites is 1. The Morgan fingerprint density at radius 1 is 0.809 bits per heavy atom. The van der Waals surface area contributed by atoms with Crippen LogP contribution in [0.25, 0.3) is 0 Å². The van der Waals surface area contributed by atoms with E-state index in [2.05, 4.69) is 21.3 Å². The molecule has 0 spiro atoms. The highest BCUT2D eigenvalue weighted by Crippen LogP contribution is 2.39. The van der Waals surface area contributed by atoms with Crippen molar-refractivity contribution < 1.29 is 34.1 Å². The lowest BCUT2D eigenvalue weighted by Gasteiger charge is -2.29. The van der Waals surface area contributed by atoms with Gasteiger partial charge in [0.15, 0.2) is 5.60 Å². The van der Waals surface area contributed by atoms with Crippen molar-refractivity contribution in [3.8, 4) is 5.75 Å². The maximum atomic E-state index is 13.6. The second-order valence-corrected chi connectivity index (χ2v) is 11.3. The maximum absolute atomic E-state index is 13.6. The quantitative estimate of drug-likeness (QED) is 0.131. The summed E-state index contributed by atoms with van der Waals surface area (Å²) in [6.07, 6.45) is -1.87. The van der Waals surface area contributed by atoms with Crippen LogP contribution in [0, 0.1) is 0 Å². The number of carbonyl (C=O) groups is 4. The first-order chi connectivity index (χ1) is 22.6. The van der Waals surface area contributed by atoms with Gasteiger partial charge < -0.3 is 36.2 Å². The molecule has 0 saturated carbocycles. The number of ether oxygens (including phenoxy) is 1. The smallest absolute Gasteiger partial charge is 0.261 e. The number of nitrogens with one attached hydrogen (secondary N) is 4. The molecule has 4 aromatic carbocycles. The molecule has 1 heterocycles. The summed E-state index contributed by atoms with van der Waals surface area (Å²) in [4.78, 5) is 53.1. The molecule has 47 heavy (non-hydrogen) atoms. The first kappa shape index (κ1) is 32.9. The topological polar surface area (TPSA) is 166 Å². The van der Waals surface area contributed by atoms with Gasteiger partial charge in [0, 0.05) is 29.8 Å². The van der Waals surface area contributed by atoms with Crippen LogP contribution < -0.4 is 26.0 Å². The van der Waals surface area contributed by atoms with Crippen LogP contribution in [0.3, 0.4) is 0 Å². The zero-order valence-electron chi connectivity index (χ0n) is 25.7. The molecule has 0 fully saturated rings. The van der Waals surface area contributed by atoms with Gasteiger partial charge in [-0.2, -0.15) is 0 Å². The highest BCUT2D eigenvalue weighted by atomic mass is 16.5. The van der Waals surface area contributed by atoms with E-state index >= 15 is 0 Å². The van der Waals surface area contributed by atoms with Crippen LogP contribution in [0.15, 0.2) is 109 Å². The van der Waals surface area contributed by atoms with Gasteiger partial charge in [0.2, 0.25) is 11.8 Å². The molecule has 0 radical (unpaired) electrons. The number of aliphatic hydroxyl groups excluding tert-OH is 1. The fraction of sp³-hybridized carbons (Fsp3) is 0.222. The molecule has 242 valence electrons. The lowest BCUT2D eigenvalue weighted by molar-refractivity contribution is -0.139. The molecule has 1 aliphatic heterocycles. The Morgan fingerprint density at radius 2 is 1.43 bits per heavy atom. The predicted molar refractivity (Wildman–Crippen MR) is 174 cm³/mol. The van der Waals surface area contributed by atoms with Crippen LogP contribution in [0.2, 0.25) is 0 Å². The van der Waals surface area contributed by atoms with E-state index in [1.807, 2.05) is 60.7 Å². The molecule has 11 nitrogen and oxygen atoms in total. The van der Waals surface area contributed by atoms with Gasteiger partial charge in [0.25, 0.3) is 11.8 Å². The summed E-state index contributed by atoms with van der Waals surface area (Å²) < 4.78 is 5.77. The minimum atomic E-state index is -2.13. The van der Waals surface area contributed by atoms with Crippen molar-refractivity contribution in [2.75, 3.05) is 5.32 Å². The Hall–Kier alpha value is -5.52. The summed E-state index contributed by atoms with van der Waals surface area (Å²) in [5.74, 6) is -2.41. The largest absolute Gasteiger partial charge is 0.489 e. The van der Waals surface area contributed by atoms with E-state index in [1.54, 1.807) is 36.4 Å². The summed E-state index contributed by atoms with van der Waals surface area (Å²) in [6, 6.07) is 28.6. The number of anilines is 1. The first-order valence-corrected chi connectivity index (χ1v) is 15.1. The first-order valence-electron chi connectivity index (χ1n) is 15.1. The van der Waals surface area contributed by atoms with Crippen molar-refractivity contribution >= 4 is 29.3 Å². The third kappa shape index (κ3) is 8.01. The zero-order chi connectivity index (χ0) is 33.4. The molecule has 11 heteroatoms.